The number of anilines is 1. The summed E-state index contributed by atoms with van der Waals surface area (Å²) in [6.07, 6.45) is 0. The summed E-state index contributed by atoms with van der Waals surface area (Å²) in [5.41, 5.74) is 7.54. The molecule has 22 heavy (non-hydrogen) atoms. The summed E-state index contributed by atoms with van der Waals surface area (Å²) < 4.78 is 16.6. The van der Waals surface area contributed by atoms with Crippen LogP contribution in [0, 0.1) is 0 Å². The summed E-state index contributed by atoms with van der Waals surface area (Å²) in [7, 11) is 2.89. The van der Waals surface area contributed by atoms with Gasteiger partial charge in [0.25, 0.3) is 0 Å². The van der Waals surface area contributed by atoms with Crippen LogP contribution in [0.3, 0.4) is 0 Å². The first-order chi connectivity index (χ1) is 10.7. The fourth-order valence-electron chi connectivity index (χ4n) is 1.95. The molecule has 7 heteroatoms. The van der Waals surface area contributed by atoms with Gasteiger partial charge in [0.15, 0.2) is 5.69 Å². The Morgan fingerprint density at radius 2 is 1.95 bits per heavy atom. The number of carbonyl (C=O) groups is 1. The van der Waals surface area contributed by atoms with Crippen molar-refractivity contribution in [3.8, 4) is 5.69 Å². The molecule has 2 aromatic rings. The highest BCUT2D eigenvalue weighted by atomic mass is 16.5. The second-order valence-corrected chi connectivity index (χ2v) is 4.50. The summed E-state index contributed by atoms with van der Waals surface area (Å²) in [5, 5.41) is 4.26. The molecule has 0 saturated carbocycles. The molecule has 1 heterocycles. The molecule has 0 aliphatic carbocycles. The third-order valence-corrected chi connectivity index (χ3v) is 3.08. The van der Waals surface area contributed by atoms with Crippen molar-refractivity contribution in [3.63, 3.8) is 0 Å². The van der Waals surface area contributed by atoms with Gasteiger partial charge in [0.05, 0.1) is 38.2 Å². The molecule has 0 bridgehead atoms. The van der Waals surface area contributed by atoms with E-state index >= 15 is 0 Å². The predicted molar refractivity (Wildman–Crippen MR) is 80.8 cm³/mol. The highest BCUT2D eigenvalue weighted by Crippen LogP contribution is 2.22. The Balaban J connectivity index is 2.33. The first kappa shape index (κ1) is 16.0. The molecule has 0 fully saturated rings. The van der Waals surface area contributed by atoms with Crippen LogP contribution in [0.25, 0.3) is 5.69 Å². The molecule has 0 atom stereocenters. The zero-order chi connectivity index (χ0) is 15.9. The number of nitrogens with zero attached hydrogens (tertiary/aromatic N) is 2. The summed E-state index contributed by atoms with van der Waals surface area (Å²) in [5.74, 6) is -0.198. The molecular weight excluding hydrogens is 286 g/mol. The van der Waals surface area contributed by atoms with E-state index in [9.17, 15) is 4.79 Å². The first-order valence-electron chi connectivity index (χ1n) is 6.76. The van der Waals surface area contributed by atoms with Crippen LogP contribution in [0.15, 0.2) is 30.3 Å². The van der Waals surface area contributed by atoms with E-state index in [2.05, 4.69) is 5.10 Å². The van der Waals surface area contributed by atoms with Gasteiger partial charge in [-0.15, -0.1) is 0 Å². The van der Waals surface area contributed by atoms with Crippen molar-refractivity contribution in [2.24, 2.45) is 0 Å². The minimum atomic E-state index is -0.549. The lowest BCUT2D eigenvalue weighted by atomic mass is 10.2. The number of nitrogens with two attached hydrogens (primary N) is 1. The van der Waals surface area contributed by atoms with Gasteiger partial charge in [0, 0.05) is 7.11 Å². The Kier molecular flexibility index (Phi) is 5.51. The van der Waals surface area contributed by atoms with Gasteiger partial charge in [-0.25, -0.2) is 9.48 Å². The van der Waals surface area contributed by atoms with E-state index < -0.39 is 5.97 Å². The molecule has 1 aromatic heterocycles. The van der Waals surface area contributed by atoms with Gasteiger partial charge in [-0.1, -0.05) is 18.2 Å². The van der Waals surface area contributed by atoms with Gasteiger partial charge in [-0.2, -0.15) is 5.10 Å². The Bertz CT molecular complexity index is 625. The predicted octanol–water partition coefficient (Wildman–Crippen LogP) is 1.40. The Hall–Kier alpha value is -2.38. The quantitative estimate of drug-likeness (QED) is 0.614. The Labute approximate surface area is 128 Å². The lowest BCUT2D eigenvalue weighted by Gasteiger charge is -2.06. The lowest BCUT2D eigenvalue weighted by molar-refractivity contribution is 0.0549. The number of hydrogen-bond donors (Lipinski definition) is 1. The van der Waals surface area contributed by atoms with E-state index in [0.717, 1.165) is 5.69 Å². The zero-order valence-electron chi connectivity index (χ0n) is 12.6. The Morgan fingerprint density at radius 1 is 1.23 bits per heavy atom. The molecule has 0 amide bonds. The lowest BCUT2D eigenvalue weighted by Crippen LogP contribution is -2.09. The summed E-state index contributed by atoms with van der Waals surface area (Å²) >= 11 is 0. The van der Waals surface area contributed by atoms with E-state index in [4.69, 9.17) is 19.9 Å². The van der Waals surface area contributed by atoms with Gasteiger partial charge in [0.1, 0.15) is 5.82 Å². The van der Waals surface area contributed by atoms with Crippen molar-refractivity contribution in [2.75, 3.05) is 33.2 Å². The minimum Gasteiger partial charge on any atom is -0.464 e. The number of esters is 1. The number of aromatic nitrogens is 2. The van der Waals surface area contributed by atoms with Crippen LogP contribution in [0.5, 0.6) is 0 Å². The van der Waals surface area contributed by atoms with Crippen molar-refractivity contribution in [2.45, 2.75) is 6.61 Å². The number of ether oxygens (including phenoxy) is 3. The monoisotopic (exact) mass is 305 g/mol. The SMILES string of the molecule is COCCOCc1c(C(=O)OC)nn(-c2ccccc2)c1N. The number of benzene rings is 1. The molecule has 2 N–H and O–H groups in total. The molecule has 2 rings (SSSR count). The molecule has 0 spiro atoms. The van der Waals surface area contributed by atoms with Crippen LogP contribution in [-0.2, 0) is 20.8 Å². The van der Waals surface area contributed by atoms with Crippen molar-refractivity contribution in [1.29, 1.82) is 0 Å². The highest BCUT2D eigenvalue weighted by molar-refractivity contribution is 5.90. The largest absolute Gasteiger partial charge is 0.464 e. The maximum atomic E-state index is 11.9. The third kappa shape index (κ3) is 3.44. The average molecular weight is 305 g/mol. The van der Waals surface area contributed by atoms with Gasteiger partial charge in [-0.05, 0) is 12.1 Å². The normalized spacial score (nSPS) is 10.6. The van der Waals surface area contributed by atoms with E-state index in [0.29, 0.717) is 24.6 Å². The zero-order valence-corrected chi connectivity index (χ0v) is 12.6. The van der Waals surface area contributed by atoms with Crippen LogP contribution in [0.2, 0.25) is 0 Å². The number of hydrogen-bond acceptors (Lipinski definition) is 6. The summed E-state index contributed by atoms with van der Waals surface area (Å²) in [4.78, 5) is 11.9. The molecule has 1 aromatic carbocycles. The smallest absolute Gasteiger partial charge is 0.359 e. The first-order valence-corrected chi connectivity index (χ1v) is 6.76. The van der Waals surface area contributed by atoms with Crippen LogP contribution in [0.4, 0.5) is 5.82 Å². The van der Waals surface area contributed by atoms with Crippen LogP contribution >= 0.6 is 0 Å². The molecular formula is C15H19N3O4. The molecule has 0 radical (unpaired) electrons. The van der Waals surface area contributed by atoms with Crippen molar-refractivity contribution < 1.29 is 19.0 Å². The van der Waals surface area contributed by atoms with E-state index in [-0.39, 0.29) is 12.3 Å². The van der Waals surface area contributed by atoms with Crippen LogP contribution < -0.4 is 5.73 Å². The minimum absolute atomic E-state index is 0.154. The topological polar surface area (TPSA) is 88.6 Å². The van der Waals surface area contributed by atoms with E-state index in [1.165, 1.54) is 11.8 Å². The van der Waals surface area contributed by atoms with Crippen LogP contribution in [0.1, 0.15) is 16.1 Å². The second kappa shape index (κ2) is 7.58. The molecule has 0 saturated heterocycles. The molecule has 0 aliphatic heterocycles. The van der Waals surface area contributed by atoms with E-state index in [1.54, 1.807) is 7.11 Å². The summed E-state index contributed by atoms with van der Waals surface area (Å²) in [6.45, 7) is 1.01. The Morgan fingerprint density at radius 3 is 2.59 bits per heavy atom. The standard InChI is InChI=1S/C15H19N3O4/c1-20-8-9-22-10-12-13(15(19)21-2)17-18(14(12)16)11-6-4-3-5-7-11/h3-7H,8-10,16H2,1-2H3. The van der Waals surface area contributed by atoms with Crippen molar-refractivity contribution >= 4 is 11.8 Å². The summed E-state index contributed by atoms with van der Waals surface area (Å²) in [6, 6.07) is 9.31. The van der Waals surface area contributed by atoms with Gasteiger partial charge < -0.3 is 19.9 Å². The van der Waals surface area contributed by atoms with Gasteiger partial charge in [-0.3, -0.25) is 0 Å². The molecule has 7 nitrogen and oxygen atoms in total. The maximum absolute atomic E-state index is 11.9. The van der Waals surface area contributed by atoms with Crippen molar-refractivity contribution in [3.05, 3.63) is 41.6 Å². The van der Waals surface area contributed by atoms with Gasteiger partial charge in [0.2, 0.25) is 0 Å². The van der Waals surface area contributed by atoms with E-state index in [1.807, 2.05) is 30.3 Å². The maximum Gasteiger partial charge on any atom is 0.359 e. The van der Waals surface area contributed by atoms with Crippen LogP contribution in [-0.4, -0.2) is 43.2 Å². The second-order valence-electron chi connectivity index (χ2n) is 4.50. The number of nitrogen functional groups attached to an aromatic ring is 1. The number of carbonyl (C=O) groups excluding carboxylic acids is 1. The fourth-order valence-corrected chi connectivity index (χ4v) is 1.95. The number of methoxy groups -OCH3 is 2. The molecule has 0 unspecified atom stereocenters. The molecule has 0 aliphatic rings. The van der Waals surface area contributed by atoms with Crippen molar-refractivity contribution in [1.82, 2.24) is 9.78 Å². The average Bonchev–Trinajstić information content (AvgIpc) is 2.88. The number of para-hydroxylation sites is 1. The highest BCUT2D eigenvalue weighted by Gasteiger charge is 2.22. The number of rotatable bonds is 7. The third-order valence-electron chi connectivity index (χ3n) is 3.08. The fraction of sp³-hybridized carbons (Fsp3) is 0.333. The molecule has 118 valence electrons. The van der Waals surface area contributed by atoms with Gasteiger partial charge >= 0.3 is 5.97 Å².